The average molecular weight is 244 g/mol. The van der Waals surface area contributed by atoms with Crippen LogP contribution in [0.4, 0.5) is 15.3 Å². The van der Waals surface area contributed by atoms with Gasteiger partial charge < -0.3 is 5.73 Å². The lowest BCUT2D eigenvalue weighted by Gasteiger charge is -2.07. The van der Waals surface area contributed by atoms with Crippen LogP contribution in [-0.2, 0) is 16.0 Å². The molecule has 16 heavy (non-hydrogen) atoms. The van der Waals surface area contributed by atoms with Crippen molar-refractivity contribution in [2.45, 2.75) is 12.7 Å². The van der Waals surface area contributed by atoms with Crippen LogP contribution in [0.5, 0.6) is 0 Å². The van der Waals surface area contributed by atoms with Crippen molar-refractivity contribution in [3.63, 3.8) is 0 Å². The van der Waals surface area contributed by atoms with E-state index in [1.54, 1.807) is 0 Å². The lowest BCUT2D eigenvalue weighted by atomic mass is 10.1. The number of nitrogens with two attached hydrogens (primary N) is 1. The summed E-state index contributed by atoms with van der Waals surface area (Å²) in [5, 5.41) is 3.34. The molecule has 1 aromatic carbocycles. The summed E-state index contributed by atoms with van der Waals surface area (Å²) in [7, 11) is -4.64. The van der Waals surface area contributed by atoms with E-state index in [0.29, 0.717) is 5.56 Å². The molecule has 1 aromatic rings. The molecule has 0 amide bonds. The fourth-order valence-electron chi connectivity index (χ4n) is 1.27. The Kier molecular flexibility index (Phi) is 3.36. The third-order valence-corrected chi connectivity index (χ3v) is 2.65. The van der Waals surface area contributed by atoms with Crippen molar-refractivity contribution in [3.05, 3.63) is 33.7 Å². The highest BCUT2D eigenvalue weighted by Gasteiger charge is 2.13. The molecule has 0 aliphatic heterocycles. The topological polar surface area (TPSA) is 109 Å². The zero-order valence-corrected chi connectivity index (χ0v) is 9.20. The molecule has 0 saturated carbocycles. The molecule has 0 radical (unpaired) electrons. The van der Waals surface area contributed by atoms with E-state index >= 15 is 0 Å². The molecule has 0 aliphatic carbocycles. The van der Waals surface area contributed by atoms with E-state index in [1.165, 1.54) is 19.1 Å². The molecule has 0 saturated heterocycles. The first-order chi connectivity index (χ1) is 7.33. The van der Waals surface area contributed by atoms with E-state index < -0.39 is 16.0 Å². The van der Waals surface area contributed by atoms with Gasteiger partial charge in [-0.25, -0.2) is 0 Å². The number of rotatable bonds is 3. The predicted octanol–water partition coefficient (Wildman–Crippen LogP) is 2.32. The van der Waals surface area contributed by atoms with Crippen molar-refractivity contribution in [2.24, 2.45) is 5.11 Å². The SMILES string of the molecule is Cc1c(CS(=O)(=O)F)cc(N)cc1N=[N+]=[N-]. The summed E-state index contributed by atoms with van der Waals surface area (Å²) in [6, 6.07) is 2.73. The molecule has 0 spiro atoms. The summed E-state index contributed by atoms with van der Waals surface area (Å²) < 4.78 is 33.6. The number of benzene rings is 1. The number of hydrogen-bond acceptors (Lipinski definition) is 4. The Bertz CT molecular complexity index is 564. The van der Waals surface area contributed by atoms with Crippen molar-refractivity contribution in [2.75, 3.05) is 5.73 Å². The van der Waals surface area contributed by atoms with Crippen LogP contribution in [0.25, 0.3) is 10.4 Å². The van der Waals surface area contributed by atoms with Crippen molar-refractivity contribution >= 4 is 21.6 Å². The van der Waals surface area contributed by atoms with E-state index in [0.717, 1.165) is 0 Å². The van der Waals surface area contributed by atoms with Gasteiger partial charge >= 0.3 is 10.2 Å². The highest BCUT2D eigenvalue weighted by Crippen LogP contribution is 2.27. The van der Waals surface area contributed by atoms with Crippen LogP contribution >= 0.6 is 0 Å². The molecule has 6 nitrogen and oxygen atoms in total. The first-order valence-electron chi connectivity index (χ1n) is 4.20. The van der Waals surface area contributed by atoms with E-state index in [-0.39, 0.29) is 16.9 Å². The molecule has 0 aliphatic rings. The summed E-state index contributed by atoms with van der Waals surface area (Å²) >= 11 is 0. The maximum atomic E-state index is 12.5. The second-order valence-corrected chi connectivity index (χ2v) is 4.56. The lowest BCUT2D eigenvalue weighted by Crippen LogP contribution is -2.00. The molecular weight excluding hydrogens is 235 g/mol. The summed E-state index contributed by atoms with van der Waals surface area (Å²) in [5.41, 5.74) is 14.8. The fraction of sp³-hybridized carbons (Fsp3) is 0.250. The molecule has 0 aromatic heterocycles. The molecule has 8 heteroatoms. The Hall–Kier alpha value is -1.79. The number of nitrogens with zero attached hydrogens (tertiary/aromatic N) is 3. The standard InChI is InChI=1S/C8H9FN4O2S/c1-5-6(4-16(9,14)15)2-7(10)3-8(5)12-13-11/h2-3H,4,10H2,1H3. The third-order valence-electron chi connectivity index (χ3n) is 1.99. The molecule has 0 atom stereocenters. The second kappa shape index (κ2) is 4.38. The number of anilines is 1. The van der Waals surface area contributed by atoms with Gasteiger partial charge in [-0.2, -0.15) is 8.42 Å². The largest absolute Gasteiger partial charge is 0.399 e. The van der Waals surface area contributed by atoms with Gasteiger partial charge in [-0.3, -0.25) is 0 Å². The Balaban J connectivity index is 3.35. The third kappa shape index (κ3) is 3.11. The maximum Gasteiger partial charge on any atom is 0.306 e. The number of nitrogen functional groups attached to an aromatic ring is 1. The molecule has 86 valence electrons. The van der Waals surface area contributed by atoms with Crippen molar-refractivity contribution in [1.29, 1.82) is 0 Å². The second-order valence-electron chi connectivity index (χ2n) is 3.20. The summed E-state index contributed by atoms with van der Waals surface area (Å²) in [6.45, 7) is 1.53. The van der Waals surface area contributed by atoms with Crippen LogP contribution in [0.3, 0.4) is 0 Å². The van der Waals surface area contributed by atoms with Gasteiger partial charge in [0.1, 0.15) is 5.75 Å². The number of halogens is 1. The summed E-state index contributed by atoms with van der Waals surface area (Å²) in [4.78, 5) is 2.57. The monoisotopic (exact) mass is 244 g/mol. The van der Waals surface area contributed by atoms with Gasteiger partial charge in [-0.05, 0) is 35.7 Å². The molecule has 0 fully saturated rings. The Morgan fingerprint density at radius 3 is 2.69 bits per heavy atom. The van der Waals surface area contributed by atoms with Gasteiger partial charge in [-0.1, -0.05) is 5.11 Å². The molecular formula is C8H9FN4O2S. The fourth-order valence-corrected chi connectivity index (χ4v) is 1.94. The van der Waals surface area contributed by atoms with E-state index in [4.69, 9.17) is 11.3 Å². The lowest BCUT2D eigenvalue weighted by molar-refractivity contribution is 0.551. The number of hydrogen-bond donors (Lipinski definition) is 1. The van der Waals surface area contributed by atoms with Crippen LogP contribution in [-0.4, -0.2) is 8.42 Å². The highest BCUT2D eigenvalue weighted by atomic mass is 32.3. The summed E-state index contributed by atoms with van der Waals surface area (Å²) in [5.74, 6) is -0.780. The quantitative estimate of drug-likeness (QED) is 0.289. The Morgan fingerprint density at radius 2 is 2.19 bits per heavy atom. The zero-order valence-electron chi connectivity index (χ0n) is 8.38. The summed E-state index contributed by atoms with van der Waals surface area (Å²) in [6.07, 6.45) is 0. The number of azide groups is 1. The van der Waals surface area contributed by atoms with Gasteiger partial charge in [-0.15, -0.1) is 3.89 Å². The van der Waals surface area contributed by atoms with E-state index in [2.05, 4.69) is 10.0 Å². The Labute approximate surface area is 91.7 Å². The molecule has 1 rings (SSSR count). The minimum absolute atomic E-state index is 0.185. The molecule has 2 N–H and O–H groups in total. The van der Waals surface area contributed by atoms with Gasteiger partial charge in [0.25, 0.3) is 0 Å². The Morgan fingerprint density at radius 1 is 1.56 bits per heavy atom. The van der Waals surface area contributed by atoms with Crippen molar-refractivity contribution < 1.29 is 12.3 Å². The zero-order chi connectivity index (χ0) is 12.3. The van der Waals surface area contributed by atoms with Crippen molar-refractivity contribution in [1.82, 2.24) is 0 Å². The maximum absolute atomic E-state index is 12.5. The first kappa shape index (κ1) is 12.3. The van der Waals surface area contributed by atoms with E-state index in [1.807, 2.05) is 0 Å². The molecule has 0 unspecified atom stereocenters. The van der Waals surface area contributed by atoms with E-state index in [9.17, 15) is 12.3 Å². The van der Waals surface area contributed by atoms with Gasteiger partial charge in [0.15, 0.2) is 0 Å². The van der Waals surface area contributed by atoms with Crippen LogP contribution in [0.15, 0.2) is 17.2 Å². The minimum atomic E-state index is -4.64. The van der Waals surface area contributed by atoms with Crippen LogP contribution in [0, 0.1) is 6.92 Å². The molecule has 0 bridgehead atoms. The minimum Gasteiger partial charge on any atom is -0.399 e. The van der Waals surface area contributed by atoms with Crippen LogP contribution < -0.4 is 5.73 Å². The van der Waals surface area contributed by atoms with Gasteiger partial charge in [0, 0.05) is 16.3 Å². The normalized spacial score (nSPS) is 10.9. The smallest absolute Gasteiger partial charge is 0.306 e. The van der Waals surface area contributed by atoms with Crippen LogP contribution in [0.2, 0.25) is 0 Å². The molecule has 0 heterocycles. The van der Waals surface area contributed by atoms with Crippen molar-refractivity contribution in [3.8, 4) is 0 Å². The van der Waals surface area contributed by atoms with Crippen LogP contribution in [0.1, 0.15) is 11.1 Å². The van der Waals surface area contributed by atoms with Gasteiger partial charge in [0.05, 0.1) is 0 Å². The average Bonchev–Trinajstić information content (AvgIpc) is 2.11. The predicted molar refractivity (Wildman–Crippen MR) is 58.1 cm³/mol. The van der Waals surface area contributed by atoms with Gasteiger partial charge in [0.2, 0.25) is 0 Å². The first-order valence-corrected chi connectivity index (χ1v) is 5.75. The highest BCUT2D eigenvalue weighted by molar-refractivity contribution is 7.85.